The van der Waals surface area contributed by atoms with Crippen LogP contribution < -0.4 is 10.1 Å². The molecule has 0 bridgehead atoms. The second-order valence-corrected chi connectivity index (χ2v) is 5.17. The number of nitrogens with one attached hydrogen (secondary N) is 1. The summed E-state index contributed by atoms with van der Waals surface area (Å²) in [5.74, 6) is 0.885. The number of aliphatic hydroxyl groups is 1. The van der Waals surface area contributed by atoms with Crippen molar-refractivity contribution in [3.63, 3.8) is 0 Å². The van der Waals surface area contributed by atoms with Gasteiger partial charge in [-0.25, -0.2) is 0 Å². The Morgan fingerprint density at radius 3 is 2.59 bits per heavy atom. The maximum atomic E-state index is 9.30. The molecule has 17 heavy (non-hydrogen) atoms. The monoisotopic (exact) mass is 235 g/mol. The van der Waals surface area contributed by atoms with E-state index in [1.54, 1.807) is 7.11 Å². The number of rotatable bonds is 5. The second kappa shape index (κ2) is 4.57. The van der Waals surface area contributed by atoms with Gasteiger partial charge in [0.15, 0.2) is 0 Å². The summed E-state index contributed by atoms with van der Waals surface area (Å²) in [6, 6.07) is 4.18. The van der Waals surface area contributed by atoms with E-state index in [2.05, 4.69) is 25.2 Å². The lowest BCUT2D eigenvalue weighted by Crippen LogP contribution is -2.19. The summed E-state index contributed by atoms with van der Waals surface area (Å²) < 4.78 is 5.40. The Bertz CT molecular complexity index is 411. The van der Waals surface area contributed by atoms with Crippen LogP contribution in [0.3, 0.4) is 0 Å². The molecule has 0 amide bonds. The van der Waals surface area contributed by atoms with E-state index in [0.29, 0.717) is 0 Å². The van der Waals surface area contributed by atoms with Gasteiger partial charge in [0.2, 0.25) is 0 Å². The van der Waals surface area contributed by atoms with Crippen LogP contribution in [0.4, 0.5) is 5.69 Å². The first kappa shape index (κ1) is 12.2. The van der Waals surface area contributed by atoms with Crippen molar-refractivity contribution >= 4 is 5.69 Å². The van der Waals surface area contributed by atoms with E-state index in [1.165, 1.54) is 11.1 Å². The molecular formula is C14H21NO2. The van der Waals surface area contributed by atoms with E-state index in [4.69, 9.17) is 4.74 Å². The summed E-state index contributed by atoms with van der Waals surface area (Å²) in [6.45, 7) is 5.24. The molecule has 1 aromatic rings. The number of ether oxygens (including phenoxy) is 1. The van der Waals surface area contributed by atoms with E-state index < -0.39 is 0 Å². The van der Waals surface area contributed by atoms with Crippen molar-refractivity contribution in [1.82, 2.24) is 0 Å². The molecule has 0 aliphatic heterocycles. The fraction of sp³-hybridized carbons (Fsp3) is 0.571. The largest absolute Gasteiger partial charge is 0.495 e. The highest BCUT2D eigenvalue weighted by atomic mass is 16.5. The highest BCUT2D eigenvalue weighted by Gasteiger charge is 2.41. The minimum absolute atomic E-state index is 0.113. The molecule has 0 saturated heterocycles. The first-order chi connectivity index (χ1) is 8.10. The molecule has 0 spiro atoms. The SMILES string of the molecule is COc1cc(C)cc(C)c1NCC1(CO)CC1. The fourth-order valence-electron chi connectivity index (χ4n) is 2.16. The average molecular weight is 235 g/mol. The van der Waals surface area contributed by atoms with Gasteiger partial charge in [0.1, 0.15) is 5.75 Å². The Labute approximate surface area is 103 Å². The summed E-state index contributed by atoms with van der Waals surface area (Å²) in [6.07, 6.45) is 2.23. The van der Waals surface area contributed by atoms with Crippen LogP contribution in [0.15, 0.2) is 12.1 Å². The van der Waals surface area contributed by atoms with Crippen molar-refractivity contribution in [2.75, 3.05) is 25.6 Å². The van der Waals surface area contributed by atoms with Crippen LogP contribution in [-0.2, 0) is 0 Å². The standard InChI is InChI=1S/C14H21NO2/c1-10-6-11(2)13(12(7-10)17-3)15-8-14(9-16)4-5-14/h6-7,15-16H,4-5,8-9H2,1-3H3. The van der Waals surface area contributed by atoms with Gasteiger partial charge in [-0.2, -0.15) is 0 Å². The van der Waals surface area contributed by atoms with Gasteiger partial charge in [-0.3, -0.25) is 0 Å². The van der Waals surface area contributed by atoms with Crippen LogP contribution in [0.25, 0.3) is 0 Å². The van der Waals surface area contributed by atoms with E-state index in [-0.39, 0.29) is 12.0 Å². The average Bonchev–Trinajstić information content (AvgIpc) is 3.07. The summed E-state index contributed by atoms with van der Waals surface area (Å²) in [5.41, 5.74) is 3.56. The number of benzene rings is 1. The molecule has 1 aliphatic rings. The van der Waals surface area contributed by atoms with Crippen molar-refractivity contribution in [3.8, 4) is 5.75 Å². The minimum Gasteiger partial charge on any atom is -0.495 e. The zero-order valence-electron chi connectivity index (χ0n) is 10.8. The number of hydrogen-bond donors (Lipinski definition) is 2. The Kier molecular flexibility index (Phi) is 3.29. The zero-order valence-corrected chi connectivity index (χ0v) is 10.8. The van der Waals surface area contributed by atoms with Gasteiger partial charge in [-0.1, -0.05) is 6.07 Å². The predicted octanol–water partition coefficient (Wildman–Crippen LogP) is 2.50. The van der Waals surface area contributed by atoms with Gasteiger partial charge in [0, 0.05) is 12.0 Å². The third-order valence-electron chi connectivity index (χ3n) is 3.60. The van der Waals surface area contributed by atoms with Crippen LogP contribution in [0.1, 0.15) is 24.0 Å². The van der Waals surface area contributed by atoms with Gasteiger partial charge in [0.05, 0.1) is 19.4 Å². The van der Waals surface area contributed by atoms with E-state index in [9.17, 15) is 5.11 Å². The predicted molar refractivity (Wildman–Crippen MR) is 69.7 cm³/mol. The molecule has 0 atom stereocenters. The summed E-state index contributed by atoms with van der Waals surface area (Å²) in [7, 11) is 1.69. The summed E-state index contributed by atoms with van der Waals surface area (Å²) in [4.78, 5) is 0. The molecule has 1 fully saturated rings. The Morgan fingerprint density at radius 1 is 1.35 bits per heavy atom. The molecule has 2 rings (SSSR count). The third kappa shape index (κ3) is 2.55. The molecule has 1 aromatic carbocycles. The van der Waals surface area contributed by atoms with Crippen LogP contribution in [-0.4, -0.2) is 25.4 Å². The number of anilines is 1. The summed E-state index contributed by atoms with van der Waals surface area (Å²) in [5, 5.41) is 12.7. The smallest absolute Gasteiger partial charge is 0.142 e. The second-order valence-electron chi connectivity index (χ2n) is 5.17. The number of methoxy groups -OCH3 is 1. The quantitative estimate of drug-likeness (QED) is 0.824. The van der Waals surface area contributed by atoms with Crippen molar-refractivity contribution in [2.45, 2.75) is 26.7 Å². The van der Waals surface area contributed by atoms with Crippen molar-refractivity contribution in [3.05, 3.63) is 23.3 Å². The minimum atomic E-state index is 0.113. The molecular weight excluding hydrogens is 214 g/mol. The lowest BCUT2D eigenvalue weighted by Gasteiger charge is -2.18. The molecule has 2 N–H and O–H groups in total. The van der Waals surface area contributed by atoms with Gasteiger partial charge in [0.25, 0.3) is 0 Å². The van der Waals surface area contributed by atoms with Crippen LogP contribution in [0.5, 0.6) is 5.75 Å². The highest BCUT2D eigenvalue weighted by Crippen LogP contribution is 2.45. The van der Waals surface area contributed by atoms with Gasteiger partial charge in [-0.05, 0) is 43.9 Å². The first-order valence-electron chi connectivity index (χ1n) is 6.10. The number of hydrogen-bond acceptors (Lipinski definition) is 3. The summed E-state index contributed by atoms with van der Waals surface area (Å²) >= 11 is 0. The van der Waals surface area contributed by atoms with Crippen molar-refractivity contribution < 1.29 is 9.84 Å². The maximum absolute atomic E-state index is 9.30. The molecule has 1 aliphatic carbocycles. The number of aryl methyl sites for hydroxylation is 2. The molecule has 3 heteroatoms. The Morgan fingerprint density at radius 2 is 2.06 bits per heavy atom. The topological polar surface area (TPSA) is 41.5 Å². The van der Waals surface area contributed by atoms with Gasteiger partial charge < -0.3 is 15.2 Å². The molecule has 0 aromatic heterocycles. The highest BCUT2D eigenvalue weighted by molar-refractivity contribution is 5.63. The maximum Gasteiger partial charge on any atom is 0.142 e. The van der Waals surface area contributed by atoms with Gasteiger partial charge >= 0.3 is 0 Å². The lowest BCUT2D eigenvalue weighted by atomic mass is 10.1. The van der Waals surface area contributed by atoms with Crippen LogP contribution >= 0.6 is 0 Å². The van der Waals surface area contributed by atoms with Crippen LogP contribution in [0.2, 0.25) is 0 Å². The molecule has 0 heterocycles. The third-order valence-corrected chi connectivity index (χ3v) is 3.60. The molecule has 0 unspecified atom stereocenters. The van der Waals surface area contributed by atoms with E-state index >= 15 is 0 Å². The number of aliphatic hydroxyl groups excluding tert-OH is 1. The zero-order chi connectivity index (χ0) is 12.5. The molecule has 94 valence electrons. The molecule has 1 saturated carbocycles. The Hall–Kier alpha value is -1.22. The normalized spacial score (nSPS) is 16.7. The van der Waals surface area contributed by atoms with Gasteiger partial charge in [-0.15, -0.1) is 0 Å². The van der Waals surface area contributed by atoms with E-state index in [1.807, 2.05) is 6.07 Å². The van der Waals surface area contributed by atoms with Crippen molar-refractivity contribution in [1.29, 1.82) is 0 Å². The van der Waals surface area contributed by atoms with E-state index in [0.717, 1.165) is 30.8 Å². The van der Waals surface area contributed by atoms with Crippen molar-refractivity contribution in [2.24, 2.45) is 5.41 Å². The molecule has 0 radical (unpaired) electrons. The fourth-order valence-corrected chi connectivity index (χ4v) is 2.16. The molecule has 3 nitrogen and oxygen atoms in total. The Balaban J connectivity index is 2.14. The first-order valence-corrected chi connectivity index (χ1v) is 6.10. The van der Waals surface area contributed by atoms with Crippen LogP contribution in [0, 0.1) is 19.3 Å². The lowest BCUT2D eigenvalue weighted by molar-refractivity contribution is 0.219.